The Morgan fingerprint density at radius 3 is 2.64 bits per heavy atom. The molecular weight excluding hydrogens is 176 g/mol. The van der Waals surface area contributed by atoms with Gasteiger partial charge in [-0.05, 0) is 58.3 Å². The summed E-state index contributed by atoms with van der Waals surface area (Å²) in [7, 11) is 2.15. The Kier molecular flexibility index (Phi) is 6.15. The maximum absolute atomic E-state index is 8.70. The highest BCUT2D eigenvalue weighted by Gasteiger charge is 2.12. The summed E-state index contributed by atoms with van der Waals surface area (Å²) in [6, 6.07) is 0. The molecule has 0 bridgehead atoms. The number of nitrogens with one attached hydrogen (secondary N) is 1. The molecular formula is C11H24N2O. The lowest BCUT2D eigenvalue weighted by Gasteiger charge is -2.25. The van der Waals surface area contributed by atoms with Crippen molar-refractivity contribution in [1.82, 2.24) is 10.2 Å². The van der Waals surface area contributed by atoms with Crippen LogP contribution < -0.4 is 5.32 Å². The van der Waals surface area contributed by atoms with Crippen LogP contribution in [0, 0.1) is 5.92 Å². The lowest BCUT2D eigenvalue weighted by atomic mass is 9.94. The van der Waals surface area contributed by atoms with Crippen LogP contribution in [-0.2, 0) is 0 Å². The molecule has 1 rings (SSSR count). The lowest BCUT2D eigenvalue weighted by molar-refractivity contribution is 0.231. The van der Waals surface area contributed by atoms with Crippen LogP contribution >= 0.6 is 0 Å². The molecule has 0 saturated carbocycles. The Labute approximate surface area is 87.5 Å². The number of nitrogens with zero attached hydrogens (tertiary/aromatic N) is 1. The molecule has 0 aliphatic carbocycles. The number of hydrogen-bond donors (Lipinski definition) is 2. The smallest absolute Gasteiger partial charge is 0.0443 e. The van der Waals surface area contributed by atoms with Crippen molar-refractivity contribution in [3.63, 3.8) is 0 Å². The topological polar surface area (TPSA) is 35.5 Å². The van der Waals surface area contributed by atoms with Crippen LogP contribution in [0.1, 0.15) is 25.7 Å². The van der Waals surface area contributed by atoms with E-state index in [-0.39, 0.29) is 0 Å². The fourth-order valence-corrected chi connectivity index (χ4v) is 2.03. The molecule has 0 aromatic carbocycles. The second-order valence-corrected chi connectivity index (χ2v) is 4.36. The van der Waals surface area contributed by atoms with Crippen molar-refractivity contribution in [2.75, 3.05) is 39.8 Å². The summed E-state index contributed by atoms with van der Waals surface area (Å²) in [5.74, 6) is 0.924. The largest absolute Gasteiger partial charge is 0.396 e. The van der Waals surface area contributed by atoms with Crippen molar-refractivity contribution < 1.29 is 5.11 Å². The third-order valence-corrected chi connectivity index (χ3v) is 3.08. The quantitative estimate of drug-likeness (QED) is 0.662. The van der Waals surface area contributed by atoms with Crippen LogP contribution in [0.25, 0.3) is 0 Å². The maximum atomic E-state index is 8.70. The minimum absolute atomic E-state index is 0.317. The SMILES string of the molecule is CN(CCCO)CCC1CCNCC1. The summed E-state index contributed by atoms with van der Waals surface area (Å²) < 4.78 is 0. The number of aliphatic hydroxyl groups excluding tert-OH is 1. The molecule has 0 aromatic rings. The van der Waals surface area contributed by atoms with E-state index < -0.39 is 0 Å². The predicted octanol–water partition coefficient (Wildman–Crippen LogP) is 0.690. The minimum Gasteiger partial charge on any atom is -0.396 e. The van der Waals surface area contributed by atoms with E-state index in [0.29, 0.717) is 6.61 Å². The molecule has 2 N–H and O–H groups in total. The van der Waals surface area contributed by atoms with Crippen LogP contribution in [-0.4, -0.2) is 49.8 Å². The van der Waals surface area contributed by atoms with Gasteiger partial charge in [0, 0.05) is 13.2 Å². The third-order valence-electron chi connectivity index (χ3n) is 3.08. The summed E-state index contributed by atoms with van der Waals surface area (Å²) in [6.45, 7) is 4.93. The van der Waals surface area contributed by atoms with Gasteiger partial charge < -0.3 is 15.3 Å². The highest BCUT2D eigenvalue weighted by molar-refractivity contribution is 4.69. The number of hydrogen-bond acceptors (Lipinski definition) is 3. The first-order valence-electron chi connectivity index (χ1n) is 5.83. The molecule has 84 valence electrons. The minimum atomic E-state index is 0.317. The van der Waals surface area contributed by atoms with E-state index >= 15 is 0 Å². The van der Waals surface area contributed by atoms with Gasteiger partial charge in [-0.1, -0.05) is 0 Å². The van der Waals surface area contributed by atoms with Gasteiger partial charge in [0.05, 0.1) is 0 Å². The Morgan fingerprint density at radius 1 is 1.29 bits per heavy atom. The van der Waals surface area contributed by atoms with Gasteiger partial charge in [0.2, 0.25) is 0 Å². The lowest BCUT2D eigenvalue weighted by Crippen LogP contribution is -2.30. The van der Waals surface area contributed by atoms with Gasteiger partial charge in [0.25, 0.3) is 0 Å². The number of piperidine rings is 1. The van der Waals surface area contributed by atoms with Gasteiger partial charge in [-0.3, -0.25) is 0 Å². The standard InChI is InChI=1S/C11H24N2O/c1-13(8-2-10-14)9-5-11-3-6-12-7-4-11/h11-12,14H,2-10H2,1H3. The van der Waals surface area contributed by atoms with E-state index in [1.807, 2.05) is 0 Å². The van der Waals surface area contributed by atoms with Crippen molar-refractivity contribution in [1.29, 1.82) is 0 Å². The van der Waals surface area contributed by atoms with Crippen LogP contribution in [0.2, 0.25) is 0 Å². The summed E-state index contributed by atoms with van der Waals surface area (Å²) in [5, 5.41) is 12.1. The molecule has 3 heteroatoms. The molecule has 1 heterocycles. The third kappa shape index (κ3) is 4.94. The zero-order valence-corrected chi connectivity index (χ0v) is 9.34. The number of aliphatic hydroxyl groups is 1. The van der Waals surface area contributed by atoms with Crippen molar-refractivity contribution >= 4 is 0 Å². The molecule has 0 amide bonds. The van der Waals surface area contributed by atoms with Gasteiger partial charge in [-0.15, -0.1) is 0 Å². The first-order valence-corrected chi connectivity index (χ1v) is 5.83. The van der Waals surface area contributed by atoms with E-state index in [4.69, 9.17) is 5.11 Å². The van der Waals surface area contributed by atoms with E-state index in [2.05, 4.69) is 17.3 Å². The molecule has 14 heavy (non-hydrogen) atoms. The second-order valence-electron chi connectivity index (χ2n) is 4.36. The molecule has 1 aliphatic rings. The molecule has 0 aromatic heterocycles. The summed E-state index contributed by atoms with van der Waals surface area (Å²) in [5.41, 5.74) is 0. The van der Waals surface area contributed by atoms with E-state index in [9.17, 15) is 0 Å². The molecule has 1 aliphatic heterocycles. The van der Waals surface area contributed by atoms with Crippen molar-refractivity contribution in [3.8, 4) is 0 Å². The molecule has 3 nitrogen and oxygen atoms in total. The molecule has 0 atom stereocenters. The fourth-order valence-electron chi connectivity index (χ4n) is 2.03. The Hall–Kier alpha value is -0.120. The van der Waals surface area contributed by atoms with Crippen LogP contribution in [0.15, 0.2) is 0 Å². The predicted molar refractivity (Wildman–Crippen MR) is 59.4 cm³/mol. The monoisotopic (exact) mass is 200 g/mol. The van der Waals surface area contributed by atoms with Gasteiger partial charge >= 0.3 is 0 Å². The van der Waals surface area contributed by atoms with Crippen LogP contribution in [0.4, 0.5) is 0 Å². The first kappa shape index (κ1) is 12.0. The van der Waals surface area contributed by atoms with Gasteiger partial charge in [-0.25, -0.2) is 0 Å². The first-order chi connectivity index (χ1) is 6.83. The van der Waals surface area contributed by atoms with E-state index in [0.717, 1.165) is 18.9 Å². The molecule has 1 saturated heterocycles. The average molecular weight is 200 g/mol. The van der Waals surface area contributed by atoms with Crippen molar-refractivity contribution in [2.45, 2.75) is 25.7 Å². The normalized spacial score (nSPS) is 19.1. The molecule has 0 spiro atoms. The second kappa shape index (κ2) is 7.21. The van der Waals surface area contributed by atoms with Crippen molar-refractivity contribution in [3.05, 3.63) is 0 Å². The highest BCUT2D eigenvalue weighted by atomic mass is 16.3. The van der Waals surface area contributed by atoms with Gasteiger partial charge in [0.1, 0.15) is 0 Å². The molecule has 0 unspecified atom stereocenters. The van der Waals surface area contributed by atoms with Crippen LogP contribution in [0.5, 0.6) is 0 Å². The Bertz CT molecular complexity index is 135. The Morgan fingerprint density at radius 2 is 2.00 bits per heavy atom. The van der Waals surface area contributed by atoms with Crippen molar-refractivity contribution in [2.24, 2.45) is 5.92 Å². The van der Waals surface area contributed by atoms with E-state index in [1.54, 1.807) is 0 Å². The van der Waals surface area contributed by atoms with E-state index in [1.165, 1.54) is 38.9 Å². The summed E-state index contributed by atoms with van der Waals surface area (Å²) in [6.07, 6.45) is 4.91. The molecule has 1 fully saturated rings. The summed E-state index contributed by atoms with van der Waals surface area (Å²) in [4.78, 5) is 2.33. The van der Waals surface area contributed by atoms with Gasteiger partial charge in [-0.2, -0.15) is 0 Å². The maximum Gasteiger partial charge on any atom is 0.0443 e. The van der Waals surface area contributed by atoms with Gasteiger partial charge in [0.15, 0.2) is 0 Å². The summed E-state index contributed by atoms with van der Waals surface area (Å²) >= 11 is 0. The number of rotatable bonds is 6. The Balaban J connectivity index is 2.00. The zero-order chi connectivity index (χ0) is 10.2. The fraction of sp³-hybridized carbons (Fsp3) is 1.00. The zero-order valence-electron chi connectivity index (χ0n) is 9.34. The molecule has 0 radical (unpaired) electrons. The van der Waals surface area contributed by atoms with Crippen LogP contribution in [0.3, 0.4) is 0 Å². The average Bonchev–Trinajstić information content (AvgIpc) is 2.25. The highest BCUT2D eigenvalue weighted by Crippen LogP contribution is 2.15.